The molecule has 132 valence electrons. The first kappa shape index (κ1) is 17.1. The molecule has 0 spiro atoms. The van der Waals surface area contributed by atoms with E-state index >= 15 is 0 Å². The third kappa shape index (κ3) is 3.85. The van der Waals surface area contributed by atoms with Crippen molar-refractivity contribution in [3.05, 3.63) is 42.0 Å². The van der Waals surface area contributed by atoms with Crippen LogP contribution in [0, 0.1) is 6.92 Å². The number of aliphatic carboxylic acids is 1. The summed E-state index contributed by atoms with van der Waals surface area (Å²) in [7, 11) is 0. The molecular weight excluding hydrogens is 324 g/mol. The van der Waals surface area contributed by atoms with Crippen LogP contribution >= 0.6 is 0 Å². The van der Waals surface area contributed by atoms with Gasteiger partial charge in [-0.3, -0.25) is 9.59 Å². The van der Waals surface area contributed by atoms with Crippen molar-refractivity contribution in [2.24, 2.45) is 0 Å². The van der Waals surface area contributed by atoms with Gasteiger partial charge in [0.15, 0.2) is 0 Å². The van der Waals surface area contributed by atoms with Crippen LogP contribution in [0.25, 0.3) is 5.69 Å². The number of carboxylic acid groups (broad SMARTS) is 1. The number of hydrogen-bond donors (Lipinski definition) is 1. The van der Waals surface area contributed by atoms with Gasteiger partial charge in [0.1, 0.15) is 12.4 Å². The van der Waals surface area contributed by atoms with E-state index in [9.17, 15) is 14.7 Å². The molecule has 0 saturated carbocycles. The predicted octanol–water partition coefficient (Wildman–Crippen LogP) is 1.28. The molecule has 0 radical (unpaired) electrons. The number of carbonyl (C=O) groups excluding carboxylic acids is 1. The summed E-state index contributed by atoms with van der Waals surface area (Å²) in [5.41, 5.74) is 0.794. The van der Waals surface area contributed by atoms with E-state index in [2.05, 4.69) is 10.1 Å². The number of rotatable bonds is 5. The van der Waals surface area contributed by atoms with Crippen molar-refractivity contribution in [1.29, 1.82) is 0 Å². The lowest BCUT2D eigenvalue weighted by molar-refractivity contribution is -0.138. The average Bonchev–Trinajstić information content (AvgIpc) is 3.02. The Kier molecular flexibility index (Phi) is 5.08. The highest BCUT2D eigenvalue weighted by molar-refractivity contribution is 5.92. The Bertz CT molecular complexity index is 753. The largest absolute Gasteiger partial charge is 0.480 e. The molecule has 8 heteroatoms. The molecule has 1 aliphatic heterocycles. The lowest BCUT2D eigenvalue weighted by Crippen LogP contribution is -2.46. The normalized spacial score (nSPS) is 15.1. The molecule has 1 fully saturated rings. The van der Waals surface area contributed by atoms with E-state index in [1.54, 1.807) is 11.6 Å². The molecule has 0 bridgehead atoms. The number of para-hydroxylation sites is 1. The van der Waals surface area contributed by atoms with Crippen LogP contribution in [0.4, 0.5) is 0 Å². The van der Waals surface area contributed by atoms with Gasteiger partial charge in [0, 0.05) is 19.3 Å². The number of carbonyl (C=O) groups is 2. The Morgan fingerprint density at radius 3 is 2.60 bits per heavy atom. The Hall–Kier alpha value is -2.74. The van der Waals surface area contributed by atoms with Crippen LogP contribution in [-0.2, 0) is 9.53 Å². The number of amides is 1. The van der Waals surface area contributed by atoms with Crippen molar-refractivity contribution < 1.29 is 19.4 Å². The minimum atomic E-state index is -1.06. The lowest BCUT2D eigenvalue weighted by Gasteiger charge is -2.32. The van der Waals surface area contributed by atoms with E-state index in [0.717, 1.165) is 5.69 Å². The van der Waals surface area contributed by atoms with Gasteiger partial charge in [-0.1, -0.05) is 18.2 Å². The van der Waals surface area contributed by atoms with Crippen molar-refractivity contribution in [3.63, 3.8) is 0 Å². The average molecular weight is 344 g/mol. The van der Waals surface area contributed by atoms with Gasteiger partial charge in [0.2, 0.25) is 5.82 Å². The summed E-state index contributed by atoms with van der Waals surface area (Å²) in [6.07, 6.45) is 1.22. The standard InChI is InChI=1S/C17H20N4O4/c1-12-18-16(19-21(12)14-5-3-2-4-6-14)17(24)20(11-15(22)23)13-7-9-25-10-8-13/h2-6,13H,7-11H2,1H3,(H,22,23). The number of ether oxygens (including phenoxy) is 1. The maximum absolute atomic E-state index is 12.9. The van der Waals surface area contributed by atoms with Gasteiger partial charge in [-0.15, -0.1) is 5.10 Å². The van der Waals surface area contributed by atoms with Gasteiger partial charge in [0.05, 0.1) is 5.69 Å². The van der Waals surface area contributed by atoms with Gasteiger partial charge in [-0.05, 0) is 31.9 Å². The Morgan fingerprint density at radius 2 is 1.96 bits per heavy atom. The number of nitrogens with zero attached hydrogens (tertiary/aromatic N) is 4. The molecule has 0 aliphatic carbocycles. The maximum atomic E-state index is 12.9. The van der Waals surface area contributed by atoms with E-state index in [1.165, 1.54) is 4.90 Å². The van der Waals surface area contributed by atoms with Crippen LogP contribution in [0.15, 0.2) is 30.3 Å². The summed E-state index contributed by atoms with van der Waals surface area (Å²) in [4.78, 5) is 29.7. The molecule has 1 amide bonds. The van der Waals surface area contributed by atoms with Crippen molar-refractivity contribution in [2.75, 3.05) is 19.8 Å². The number of aryl methyl sites for hydroxylation is 1. The molecule has 25 heavy (non-hydrogen) atoms. The SMILES string of the molecule is Cc1nc(C(=O)N(CC(=O)O)C2CCOCC2)nn1-c1ccccc1. The minimum Gasteiger partial charge on any atom is -0.480 e. The molecule has 0 atom stereocenters. The molecule has 1 aromatic carbocycles. The van der Waals surface area contributed by atoms with Gasteiger partial charge in [0.25, 0.3) is 5.91 Å². The molecule has 1 N–H and O–H groups in total. The highest BCUT2D eigenvalue weighted by Crippen LogP contribution is 2.17. The molecule has 1 saturated heterocycles. The number of carboxylic acids is 1. The first-order valence-corrected chi connectivity index (χ1v) is 8.16. The fraction of sp³-hybridized carbons (Fsp3) is 0.412. The Balaban J connectivity index is 1.88. The van der Waals surface area contributed by atoms with Gasteiger partial charge in [-0.2, -0.15) is 0 Å². The van der Waals surface area contributed by atoms with Crippen LogP contribution < -0.4 is 0 Å². The zero-order valence-corrected chi connectivity index (χ0v) is 14.0. The second-order valence-corrected chi connectivity index (χ2v) is 5.90. The van der Waals surface area contributed by atoms with E-state index < -0.39 is 11.9 Å². The molecule has 2 heterocycles. The van der Waals surface area contributed by atoms with Crippen molar-refractivity contribution in [2.45, 2.75) is 25.8 Å². The molecule has 1 aliphatic rings. The quantitative estimate of drug-likeness (QED) is 0.877. The third-order valence-corrected chi connectivity index (χ3v) is 4.16. The highest BCUT2D eigenvalue weighted by atomic mass is 16.5. The molecule has 3 rings (SSSR count). The first-order chi connectivity index (χ1) is 12.1. The van der Waals surface area contributed by atoms with Crippen molar-refractivity contribution in [3.8, 4) is 5.69 Å². The van der Waals surface area contributed by atoms with Crippen molar-refractivity contribution in [1.82, 2.24) is 19.7 Å². The zero-order valence-electron chi connectivity index (χ0n) is 14.0. The van der Waals surface area contributed by atoms with Crippen LogP contribution in [-0.4, -0.2) is 62.4 Å². The topological polar surface area (TPSA) is 97.6 Å². The highest BCUT2D eigenvalue weighted by Gasteiger charge is 2.31. The number of benzene rings is 1. The van der Waals surface area contributed by atoms with Gasteiger partial charge in [-0.25, -0.2) is 9.67 Å². The molecule has 2 aromatic rings. The van der Waals surface area contributed by atoms with E-state index in [1.807, 2.05) is 30.3 Å². The maximum Gasteiger partial charge on any atom is 0.323 e. The van der Waals surface area contributed by atoms with Gasteiger partial charge >= 0.3 is 5.97 Å². The van der Waals surface area contributed by atoms with E-state index in [4.69, 9.17) is 4.74 Å². The number of aromatic nitrogens is 3. The Labute approximate surface area is 145 Å². The zero-order chi connectivity index (χ0) is 17.8. The monoisotopic (exact) mass is 344 g/mol. The fourth-order valence-electron chi connectivity index (χ4n) is 2.93. The van der Waals surface area contributed by atoms with Crippen LogP contribution in [0.1, 0.15) is 29.3 Å². The second kappa shape index (κ2) is 7.43. The van der Waals surface area contributed by atoms with Gasteiger partial charge < -0.3 is 14.7 Å². The third-order valence-electron chi connectivity index (χ3n) is 4.16. The molecule has 1 aromatic heterocycles. The Morgan fingerprint density at radius 1 is 1.28 bits per heavy atom. The smallest absolute Gasteiger partial charge is 0.323 e. The minimum absolute atomic E-state index is 0.00842. The summed E-state index contributed by atoms with van der Waals surface area (Å²) < 4.78 is 6.88. The van der Waals surface area contributed by atoms with Crippen molar-refractivity contribution >= 4 is 11.9 Å². The van der Waals surface area contributed by atoms with Crippen LogP contribution in [0.3, 0.4) is 0 Å². The number of hydrogen-bond acceptors (Lipinski definition) is 5. The summed E-state index contributed by atoms with van der Waals surface area (Å²) in [5.74, 6) is -0.947. The second-order valence-electron chi connectivity index (χ2n) is 5.90. The van der Waals surface area contributed by atoms with Crippen LogP contribution in [0.5, 0.6) is 0 Å². The molecule has 0 unspecified atom stereocenters. The summed E-state index contributed by atoms with van der Waals surface area (Å²) in [5, 5.41) is 13.5. The predicted molar refractivity (Wildman–Crippen MR) is 88.6 cm³/mol. The van der Waals surface area contributed by atoms with Crippen LogP contribution in [0.2, 0.25) is 0 Å². The first-order valence-electron chi connectivity index (χ1n) is 8.16. The molecular formula is C17H20N4O4. The fourth-order valence-corrected chi connectivity index (χ4v) is 2.93. The summed E-state index contributed by atoms with van der Waals surface area (Å²) in [6, 6.07) is 9.18. The summed E-state index contributed by atoms with van der Waals surface area (Å²) >= 11 is 0. The van der Waals surface area contributed by atoms with E-state index in [-0.39, 0.29) is 18.4 Å². The molecule has 8 nitrogen and oxygen atoms in total. The van der Waals surface area contributed by atoms with E-state index in [0.29, 0.717) is 31.9 Å². The lowest BCUT2D eigenvalue weighted by atomic mass is 10.1. The summed E-state index contributed by atoms with van der Waals surface area (Å²) in [6.45, 7) is 2.41.